The SMILES string of the molecule is CC(F)(F)Oc1ccc2c(c1)/C(=C1/Cc3ccccc3C1=O)C(=O)N2. The van der Waals surface area contributed by atoms with E-state index in [9.17, 15) is 18.4 Å². The Morgan fingerprint density at radius 3 is 2.56 bits per heavy atom. The van der Waals surface area contributed by atoms with Gasteiger partial charge in [-0.25, -0.2) is 0 Å². The first-order valence-corrected chi connectivity index (χ1v) is 7.72. The lowest BCUT2D eigenvalue weighted by Gasteiger charge is -2.13. The summed E-state index contributed by atoms with van der Waals surface area (Å²) in [6.45, 7) is 0.639. The fraction of sp³-hybridized carbons (Fsp3) is 0.158. The molecule has 0 radical (unpaired) electrons. The van der Waals surface area contributed by atoms with Gasteiger partial charge in [0, 0.05) is 35.7 Å². The Labute approximate surface area is 142 Å². The van der Waals surface area contributed by atoms with Crippen LogP contribution in [0.5, 0.6) is 5.75 Å². The van der Waals surface area contributed by atoms with Crippen LogP contribution in [0.15, 0.2) is 48.0 Å². The Morgan fingerprint density at radius 1 is 1.08 bits per heavy atom. The number of ketones is 1. The Morgan fingerprint density at radius 2 is 1.84 bits per heavy atom. The van der Waals surface area contributed by atoms with Gasteiger partial charge in [0.05, 0.1) is 5.57 Å². The molecule has 0 bridgehead atoms. The van der Waals surface area contributed by atoms with Gasteiger partial charge in [0.2, 0.25) is 0 Å². The number of carbonyl (C=O) groups is 2. The second-order valence-corrected chi connectivity index (χ2v) is 6.09. The molecule has 0 spiro atoms. The fourth-order valence-corrected chi connectivity index (χ4v) is 3.25. The monoisotopic (exact) mass is 341 g/mol. The first-order valence-electron chi connectivity index (χ1n) is 7.72. The van der Waals surface area contributed by atoms with E-state index in [0.717, 1.165) is 5.56 Å². The number of fused-ring (bicyclic) bond motifs is 2. The minimum absolute atomic E-state index is 0.0659. The molecular formula is C19H13F2NO3. The van der Waals surface area contributed by atoms with E-state index in [1.807, 2.05) is 12.1 Å². The van der Waals surface area contributed by atoms with Crippen LogP contribution < -0.4 is 10.1 Å². The van der Waals surface area contributed by atoms with Crippen LogP contribution in [-0.4, -0.2) is 17.8 Å². The second kappa shape index (κ2) is 5.24. The van der Waals surface area contributed by atoms with Gasteiger partial charge >= 0.3 is 6.11 Å². The quantitative estimate of drug-likeness (QED) is 0.845. The van der Waals surface area contributed by atoms with Crippen molar-refractivity contribution in [3.05, 3.63) is 64.7 Å². The van der Waals surface area contributed by atoms with Gasteiger partial charge in [-0.3, -0.25) is 9.59 Å². The van der Waals surface area contributed by atoms with E-state index in [2.05, 4.69) is 10.1 Å². The van der Waals surface area contributed by atoms with Crippen molar-refractivity contribution in [2.45, 2.75) is 19.5 Å². The summed E-state index contributed by atoms with van der Waals surface area (Å²) in [4.78, 5) is 25.1. The van der Waals surface area contributed by atoms with Gasteiger partial charge in [-0.05, 0) is 23.8 Å². The molecule has 4 rings (SSSR count). The first kappa shape index (κ1) is 15.5. The molecule has 0 saturated heterocycles. The standard InChI is InChI=1S/C19H13F2NO3/c1-19(20,21)25-11-6-7-15-13(9-11)16(18(24)22-15)14-8-10-4-2-3-5-12(10)17(14)23/h2-7,9H,8H2,1H3,(H,22,24)/b16-14+. The molecule has 1 N–H and O–H groups in total. The molecule has 1 aliphatic heterocycles. The summed E-state index contributed by atoms with van der Waals surface area (Å²) in [7, 11) is 0. The van der Waals surface area contributed by atoms with Gasteiger partial charge in [0.1, 0.15) is 5.75 Å². The zero-order valence-electron chi connectivity index (χ0n) is 13.2. The Kier molecular flexibility index (Phi) is 3.25. The maximum Gasteiger partial charge on any atom is 0.394 e. The highest BCUT2D eigenvalue weighted by molar-refractivity contribution is 6.37. The summed E-state index contributed by atoms with van der Waals surface area (Å²) in [5.74, 6) is -0.684. The average Bonchev–Trinajstić information content (AvgIpc) is 3.02. The molecule has 0 unspecified atom stereocenters. The zero-order valence-corrected chi connectivity index (χ0v) is 13.2. The Bertz CT molecular complexity index is 957. The van der Waals surface area contributed by atoms with E-state index in [1.54, 1.807) is 12.1 Å². The number of hydrogen-bond acceptors (Lipinski definition) is 3. The number of nitrogens with one attached hydrogen (secondary N) is 1. The van der Waals surface area contributed by atoms with E-state index < -0.39 is 12.0 Å². The minimum Gasteiger partial charge on any atom is -0.433 e. The van der Waals surface area contributed by atoms with Crippen LogP contribution in [0.4, 0.5) is 14.5 Å². The largest absolute Gasteiger partial charge is 0.433 e. The van der Waals surface area contributed by atoms with E-state index in [0.29, 0.717) is 35.7 Å². The van der Waals surface area contributed by atoms with E-state index in [-0.39, 0.29) is 17.1 Å². The molecule has 2 aromatic carbocycles. The number of allylic oxidation sites excluding steroid dienone is 1. The van der Waals surface area contributed by atoms with Crippen LogP contribution in [0, 0.1) is 0 Å². The number of benzene rings is 2. The van der Waals surface area contributed by atoms with Crippen molar-refractivity contribution in [1.82, 2.24) is 0 Å². The van der Waals surface area contributed by atoms with Gasteiger partial charge < -0.3 is 10.1 Å². The highest BCUT2D eigenvalue weighted by Crippen LogP contribution is 2.40. The molecule has 1 heterocycles. The van der Waals surface area contributed by atoms with Crippen LogP contribution in [0.2, 0.25) is 0 Å². The van der Waals surface area contributed by atoms with Gasteiger partial charge in [0.15, 0.2) is 5.78 Å². The zero-order chi connectivity index (χ0) is 17.8. The molecule has 6 heteroatoms. The van der Waals surface area contributed by atoms with E-state index in [4.69, 9.17) is 0 Å². The molecule has 1 aliphatic carbocycles. The smallest absolute Gasteiger partial charge is 0.394 e. The summed E-state index contributed by atoms with van der Waals surface area (Å²) in [6.07, 6.45) is -3.00. The molecule has 0 atom stereocenters. The second-order valence-electron chi connectivity index (χ2n) is 6.09. The van der Waals surface area contributed by atoms with Crippen LogP contribution in [0.3, 0.4) is 0 Å². The van der Waals surface area contributed by atoms with Gasteiger partial charge in [-0.2, -0.15) is 8.78 Å². The average molecular weight is 341 g/mol. The summed E-state index contributed by atoms with van der Waals surface area (Å²) < 4.78 is 30.8. The van der Waals surface area contributed by atoms with Gasteiger partial charge in [-0.15, -0.1) is 0 Å². The Balaban J connectivity index is 1.83. The molecule has 25 heavy (non-hydrogen) atoms. The molecule has 0 aromatic heterocycles. The van der Waals surface area contributed by atoms with Crippen molar-refractivity contribution in [3.63, 3.8) is 0 Å². The lowest BCUT2D eigenvalue weighted by atomic mass is 9.98. The summed E-state index contributed by atoms with van der Waals surface area (Å²) in [6, 6.07) is 11.4. The first-order chi connectivity index (χ1) is 11.8. The number of rotatable bonds is 2. The number of hydrogen-bond donors (Lipinski definition) is 1. The van der Waals surface area contributed by atoms with E-state index in [1.165, 1.54) is 18.2 Å². The maximum absolute atomic E-state index is 13.1. The lowest BCUT2D eigenvalue weighted by molar-refractivity contribution is -0.158. The summed E-state index contributed by atoms with van der Waals surface area (Å²) in [5.41, 5.74) is 2.90. The third kappa shape index (κ3) is 2.59. The molecule has 2 aromatic rings. The number of carbonyl (C=O) groups excluding carboxylic acids is 2. The van der Waals surface area contributed by atoms with Gasteiger partial charge in [0.25, 0.3) is 5.91 Å². The molecular weight excluding hydrogens is 328 g/mol. The molecule has 0 saturated carbocycles. The Hall–Kier alpha value is -3.02. The maximum atomic E-state index is 13.1. The third-order valence-electron chi connectivity index (χ3n) is 4.24. The summed E-state index contributed by atoms with van der Waals surface area (Å²) >= 11 is 0. The molecule has 126 valence electrons. The number of amides is 1. The van der Waals surface area contributed by atoms with E-state index >= 15 is 0 Å². The number of alkyl halides is 2. The highest BCUT2D eigenvalue weighted by atomic mass is 19.3. The van der Waals surface area contributed by atoms with Crippen molar-refractivity contribution in [1.29, 1.82) is 0 Å². The van der Waals surface area contributed by atoms with Crippen LogP contribution in [0.25, 0.3) is 5.57 Å². The number of anilines is 1. The minimum atomic E-state index is -3.34. The molecule has 1 amide bonds. The molecule has 2 aliphatic rings. The predicted octanol–water partition coefficient (Wildman–Crippen LogP) is 3.82. The number of ether oxygens (including phenoxy) is 1. The van der Waals surface area contributed by atoms with Crippen LogP contribution in [-0.2, 0) is 11.2 Å². The van der Waals surface area contributed by atoms with Crippen molar-refractivity contribution in [2.75, 3.05) is 5.32 Å². The predicted molar refractivity (Wildman–Crippen MR) is 87.7 cm³/mol. The van der Waals surface area contributed by atoms with Crippen LogP contribution in [0.1, 0.15) is 28.4 Å². The molecule has 0 fully saturated rings. The van der Waals surface area contributed by atoms with Gasteiger partial charge in [-0.1, -0.05) is 24.3 Å². The summed E-state index contributed by atoms with van der Waals surface area (Å²) in [5, 5.41) is 2.67. The topological polar surface area (TPSA) is 55.4 Å². The van der Waals surface area contributed by atoms with Crippen molar-refractivity contribution in [2.24, 2.45) is 0 Å². The lowest BCUT2D eigenvalue weighted by Crippen LogP contribution is -2.19. The normalized spacial score (nSPS) is 18.8. The fourth-order valence-electron chi connectivity index (χ4n) is 3.25. The molecule has 4 nitrogen and oxygen atoms in total. The van der Waals surface area contributed by atoms with Crippen molar-refractivity contribution >= 4 is 23.0 Å². The number of Topliss-reactive ketones (excluding diaryl/α,β-unsaturated/α-hetero) is 1. The third-order valence-corrected chi connectivity index (χ3v) is 4.24. The van der Waals surface area contributed by atoms with Crippen molar-refractivity contribution < 1.29 is 23.1 Å². The van der Waals surface area contributed by atoms with Crippen LogP contribution >= 0.6 is 0 Å². The highest BCUT2D eigenvalue weighted by Gasteiger charge is 2.35. The van der Waals surface area contributed by atoms with Crippen molar-refractivity contribution in [3.8, 4) is 5.75 Å². The number of halogens is 2.